The third-order valence-electron chi connectivity index (χ3n) is 3.35. The Balaban J connectivity index is 2.53. The molecule has 106 valence electrons. The number of nitrogens with zero attached hydrogens (tertiary/aromatic N) is 2. The molecule has 1 aliphatic heterocycles. The molecule has 0 aromatic heterocycles. The van der Waals surface area contributed by atoms with E-state index in [4.69, 9.17) is 4.74 Å². The van der Waals surface area contributed by atoms with Crippen molar-refractivity contribution in [1.82, 2.24) is 0 Å². The van der Waals surface area contributed by atoms with Gasteiger partial charge in [0.2, 0.25) is 0 Å². The molecule has 4 nitrogen and oxygen atoms in total. The smallest absolute Gasteiger partial charge is 0.319 e. The third-order valence-corrected chi connectivity index (χ3v) is 3.35. The summed E-state index contributed by atoms with van der Waals surface area (Å²) in [5.41, 5.74) is 3.54. The molecule has 0 radical (unpaired) electrons. The lowest BCUT2D eigenvalue weighted by molar-refractivity contribution is -0.143. The van der Waals surface area contributed by atoms with Gasteiger partial charge < -0.3 is 4.74 Å². The highest BCUT2D eigenvalue weighted by Crippen LogP contribution is 2.28. The number of esters is 1. The second-order valence-electron chi connectivity index (χ2n) is 4.80. The predicted octanol–water partition coefficient (Wildman–Crippen LogP) is 3.31. The normalized spacial score (nSPS) is 17.6. The largest absolute Gasteiger partial charge is 0.465 e. The highest BCUT2D eigenvalue weighted by atomic mass is 16.5. The van der Waals surface area contributed by atoms with E-state index < -0.39 is 5.92 Å². The average Bonchev–Trinajstić information content (AvgIpc) is 2.58. The number of carbonyl (C=O) groups is 1. The first-order chi connectivity index (χ1) is 9.69. The minimum absolute atomic E-state index is 0.239. The van der Waals surface area contributed by atoms with Crippen LogP contribution in [-0.2, 0) is 9.53 Å². The molecule has 0 saturated heterocycles. The zero-order chi connectivity index (χ0) is 14.5. The molecule has 0 spiro atoms. The maximum Gasteiger partial charge on any atom is 0.319 e. The van der Waals surface area contributed by atoms with E-state index in [1.807, 2.05) is 38.1 Å². The Kier molecular flexibility index (Phi) is 4.66. The fourth-order valence-electron chi connectivity index (χ4n) is 2.45. The van der Waals surface area contributed by atoms with Crippen LogP contribution in [0, 0.1) is 0 Å². The molecule has 0 saturated carbocycles. The van der Waals surface area contributed by atoms with Gasteiger partial charge in [0.15, 0.2) is 0 Å². The number of fused-ring (bicyclic) bond motifs is 1. The first-order valence-electron chi connectivity index (χ1n) is 7.06. The average molecular weight is 272 g/mol. The van der Waals surface area contributed by atoms with Gasteiger partial charge in [0.05, 0.1) is 18.0 Å². The number of hydrogen-bond donors (Lipinski definition) is 0. The van der Waals surface area contributed by atoms with Gasteiger partial charge in [-0.1, -0.05) is 37.6 Å². The molecule has 1 heterocycles. The zero-order valence-corrected chi connectivity index (χ0v) is 12.2. The molecule has 20 heavy (non-hydrogen) atoms. The second kappa shape index (κ2) is 6.46. The SMILES string of the molecule is CCCC1=NN=C(C)c2ccccc2C1C(=O)OCC. The van der Waals surface area contributed by atoms with Gasteiger partial charge in [-0.2, -0.15) is 10.2 Å². The molecule has 2 rings (SSSR count). The Bertz CT molecular complexity index is 561. The summed E-state index contributed by atoms with van der Waals surface area (Å²) in [6.07, 6.45) is 1.67. The molecule has 1 atom stereocenters. The van der Waals surface area contributed by atoms with Crippen molar-refractivity contribution < 1.29 is 9.53 Å². The first kappa shape index (κ1) is 14.4. The van der Waals surface area contributed by atoms with E-state index in [0.29, 0.717) is 6.61 Å². The molecule has 1 aliphatic rings. The maximum absolute atomic E-state index is 12.4. The Morgan fingerprint density at radius 3 is 2.70 bits per heavy atom. The first-order valence-corrected chi connectivity index (χ1v) is 7.06. The van der Waals surface area contributed by atoms with Crippen molar-refractivity contribution in [1.29, 1.82) is 0 Å². The molecule has 0 fully saturated rings. The number of hydrogen-bond acceptors (Lipinski definition) is 4. The van der Waals surface area contributed by atoms with Crippen LogP contribution in [0.2, 0.25) is 0 Å². The summed E-state index contributed by atoms with van der Waals surface area (Å²) in [5, 5.41) is 8.55. The summed E-state index contributed by atoms with van der Waals surface area (Å²) in [7, 11) is 0. The van der Waals surface area contributed by atoms with Gasteiger partial charge >= 0.3 is 5.97 Å². The third kappa shape index (κ3) is 2.79. The zero-order valence-electron chi connectivity index (χ0n) is 12.2. The lowest BCUT2D eigenvalue weighted by atomic mass is 9.87. The highest BCUT2D eigenvalue weighted by molar-refractivity contribution is 6.12. The van der Waals surface area contributed by atoms with Crippen molar-refractivity contribution in [3.8, 4) is 0 Å². The Labute approximate surface area is 119 Å². The van der Waals surface area contributed by atoms with Crippen LogP contribution in [-0.4, -0.2) is 24.0 Å². The molecule has 0 aliphatic carbocycles. The summed E-state index contributed by atoms with van der Waals surface area (Å²) in [6, 6.07) is 7.83. The molecular formula is C16H20N2O2. The van der Waals surface area contributed by atoms with E-state index in [0.717, 1.165) is 35.4 Å². The topological polar surface area (TPSA) is 51.0 Å². The van der Waals surface area contributed by atoms with Crippen molar-refractivity contribution in [3.63, 3.8) is 0 Å². The molecule has 0 N–H and O–H groups in total. The molecule has 0 amide bonds. The monoisotopic (exact) mass is 272 g/mol. The lowest BCUT2D eigenvalue weighted by Gasteiger charge is -2.18. The summed E-state index contributed by atoms with van der Waals surface area (Å²) in [6.45, 7) is 6.17. The quantitative estimate of drug-likeness (QED) is 0.789. The Hall–Kier alpha value is -1.97. The van der Waals surface area contributed by atoms with Crippen molar-refractivity contribution in [3.05, 3.63) is 35.4 Å². The molecule has 1 aromatic rings. The van der Waals surface area contributed by atoms with Gasteiger partial charge in [-0.05, 0) is 25.8 Å². The van der Waals surface area contributed by atoms with Gasteiger partial charge in [-0.3, -0.25) is 4.79 Å². The van der Waals surface area contributed by atoms with E-state index in [1.54, 1.807) is 0 Å². The van der Waals surface area contributed by atoms with Crippen molar-refractivity contribution in [2.24, 2.45) is 10.2 Å². The number of ether oxygens (including phenoxy) is 1. The summed E-state index contributed by atoms with van der Waals surface area (Å²) in [5.74, 6) is -0.677. The van der Waals surface area contributed by atoms with Gasteiger partial charge in [0.1, 0.15) is 5.92 Å². The van der Waals surface area contributed by atoms with E-state index in [1.165, 1.54) is 0 Å². The maximum atomic E-state index is 12.4. The molecular weight excluding hydrogens is 252 g/mol. The van der Waals surface area contributed by atoms with Gasteiger partial charge in [0.25, 0.3) is 0 Å². The molecule has 1 unspecified atom stereocenters. The molecule has 1 aromatic carbocycles. The Morgan fingerprint density at radius 1 is 1.25 bits per heavy atom. The van der Waals surface area contributed by atoms with Crippen LogP contribution in [0.3, 0.4) is 0 Å². The summed E-state index contributed by atoms with van der Waals surface area (Å²) in [4.78, 5) is 12.4. The van der Waals surface area contributed by atoms with Crippen molar-refractivity contribution in [2.75, 3.05) is 6.61 Å². The van der Waals surface area contributed by atoms with E-state index in [9.17, 15) is 4.79 Å². The summed E-state index contributed by atoms with van der Waals surface area (Å²) >= 11 is 0. The van der Waals surface area contributed by atoms with E-state index in [2.05, 4.69) is 17.1 Å². The van der Waals surface area contributed by atoms with Gasteiger partial charge in [-0.25, -0.2) is 0 Å². The van der Waals surface area contributed by atoms with Crippen LogP contribution in [0.4, 0.5) is 0 Å². The van der Waals surface area contributed by atoms with Crippen molar-refractivity contribution in [2.45, 2.75) is 39.5 Å². The van der Waals surface area contributed by atoms with Crippen molar-refractivity contribution >= 4 is 17.4 Å². The fraction of sp³-hybridized carbons (Fsp3) is 0.438. The molecule has 0 bridgehead atoms. The van der Waals surface area contributed by atoms with Crippen LogP contribution in [0.1, 0.15) is 50.7 Å². The van der Waals surface area contributed by atoms with Crippen LogP contribution in [0.15, 0.2) is 34.5 Å². The minimum atomic E-state index is -0.438. The lowest BCUT2D eigenvalue weighted by Crippen LogP contribution is -2.25. The Morgan fingerprint density at radius 2 is 2.00 bits per heavy atom. The van der Waals surface area contributed by atoms with E-state index in [-0.39, 0.29) is 5.97 Å². The van der Waals surface area contributed by atoms with Crippen LogP contribution < -0.4 is 0 Å². The van der Waals surface area contributed by atoms with Crippen LogP contribution >= 0.6 is 0 Å². The number of rotatable bonds is 4. The minimum Gasteiger partial charge on any atom is -0.465 e. The predicted molar refractivity (Wildman–Crippen MR) is 80.4 cm³/mol. The van der Waals surface area contributed by atoms with Crippen LogP contribution in [0.5, 0.6) is 0 Å². The highest BCUT2D eigenvalue weighted by Gasteiger charge is 2.31. The molecule has 4 heteroatoms. The standard InChI is InChI=1S/C16H20N2O2/c1-4-8-14-15(16(19)20-5-2)13-10-7-6-9-12(13)11(3)17-18-14/h6-7,9-10,15H,4-5,8H2,1-3H3. The second-order valence-corrected chi connectivity index (χ2v) is 4.80. The number of benzene rings is 1. The number of carbonyl (C=O) groups excluding carboxylic acids is 1. The summed E-state index contributed by atoms with van der Waals surface area (Å²) < 4.78 is 5.23. The fourth-order valence-corrected chi connectivity index (χ4v) is 2.45. The van der Waals surface area contributed by atoms with E-state index >= 15 is 0 Å². The van der Waals surface area contributed by atoms with Gasteiger partial charge in [0, 0.05) is 5.56 Å². The van der Waals surface area contributed by atoms with Gasteiger partial charge in [-0.15, -0.1) is 0 Å². The van der Waals surface area contributed by atoms with Crippen LogP contribution in [0.25, 0.3) is 0 Å².